The molecule has 9 aromatic carbocycles. The van der Waals surface area contributed by atoms with Crippen LogP contribution in [0.1, 0.15) is 79.0 Å². The number of hydrogen-bond donors (Lipinski definition) is 0. The molecule has 0 N–H and O–H groups in total. The number of pyridine rings is 1. The molecule has 0 amide bonds. The fraction of sp³-hybridized carbons (Fsp3) is 0.167. The van der Waals surface area contributed by atoms with Crippen LogP contribution in [0.5, 0.6) is 0 Å². The summed E-state index contributed by atoms with van der Waals surface area (Å²) in [4.78, 5) is 5.51. The van der Waals surface area contributed by atoms with Crippen molar-refractivity contribution in [3.05, 3.63) is 235 Å². The van der Waals surface area contributed by atoms with E-state index in [0.29, 0.717) is 11.2 Å². The topological polar surface area (TPSA) is 40.3 Å². The smallest absolute Gasteiger partial charge is 0.136 e. The first-order valence-electron chi connectivity index (χ1n) is 26.8. The Morgan fingerprint density at radius 1 is 0.436 bits per heavy atom. The van der Waals surface area contributed by atoms with Gasteiger partial charge in [-0.25, -0.2) is 4.98 Å². The van der Waals surface area contributed by atoms with Gasteiger partial charge in [-0.05, 0) is 123 Å². The van der Waals surface area contributed by atoms with Crippen molar-refractivity contribution in [3.8, 4) is 33.6 Å². The third-order valence-electron chi connectivity index (χ3n) is 15.5. The minimum atomic E-state index is -0.166. The maximum Gasteiger partial charge on any atom is 0.136 e. The molecule has 0 spiro atoms. The van der Waals surface area contributed by atoms with Gasteiger partial charge in [-0.1, -0.05) is 213 Å². The normalized spacial score (nSPS) is 12.3. The molecule has 1 aliphatic rings. The Morgan fingerprint density at radius 2 is 1.10 bits per heavy atom. The summed E-state index contributed by atoms with van der Waals surface area (Å²) in [5.74, 6) is 0. The SMILES string of the molecule is CC(C)(C)c1ccc(-c2ccc3c(c2)c2ccc4[c-]c2n3c2cccc(n2)c2cccc(c2)c2ccccc2c2cc(C(C)(C)C)cc(-c3cccc(C(C)(C)C)c3)c2n2[cH-]n(c3[c-]c(ccc3)o4)-c3ccccc3-2)cc1.[Pt]. The van der Waals surface area contributed by atoms with Crippen LogP contribution in [0.25, 0.3) is 116 Å². The Kier molecular flexibility index (Phi) is 12.4. The average Bonchev–Trinajstić information content (AvgIpc) is 4.20. The van der Waals surface area contributed by atoms with Gasteiger partial charge in [-0.3, -0.25) is 0 Å². The summed E-state index contributed by atoms with van der Waals surface area (Å²) < 4.78 is 13.7. The van der Waals surface area contributed by atoms with E-state index in [0.717, 1.165) is 93.4 Å². The van der Waals surface area contributed by atoms with E-state index in [4.69, 9.17) is 9.40 Å². The average molecular weight is 1190 g/mol. The monoisotopic (exact) mass is 1190 g/mol. The summed E-state index contributed by atoms with van der Waals surface area (Å²) in [6.45, 7) is 20.6. The summed E-state index contributed by atoms with van der Waals surface area (Å²) in [6.07, 6.45) is 2.24. The summed E-state index contributed by atoms with van der Waals surface area (Å²) in [5.41, 5.74) is 17.1. The molecule has 388 valence electrons. The first-order chi connectivity index (χ1) is 37.0. The summed E-state index contributed by atoms with van der Waals surface area (Å²) in [5, 5.41) is 7.71. The molecule has 78 heavy (non-hydrogen) atoms. The van der Waals surface area contributed by atoms with Gasteiger partial charge in [-0.15, -0.1) is 29.1 Å². The van der Waals surface area contributed by atoms with E-state index < -0.39 is 0 Å². The van der Waals surface area contributed by atoms with E-state index in [2.05, 4.69) is 276 Å². The zero-order valence-electron chi connectivity index (χ0n) is 45.6. The molecular weight excluding hydrogens is 1130 g/mol. The van der Waals surface area contributed by atoms with E-state index in [1.54, 1.807) is 0 Å². The summed E-state index contributed by atoms with van der Waals surface area (Å²) in [6, 6.07) is 80.3. The van der Waals surface area contributed by atoms with Crippen molar-refractivity contribution in [2.45, 2.75) is 78.6 Å². The Bertz CT molecular complexity index is 4630. The zero-order chi connectivity index (χ0) is 53.0. The molecule has 0 atom stereocenters. The Balaban J connectivity index is 0.00000609. The third kappa shape index (κ3) is 8.98. The van der Waals surface area contributed by atoms with Crippen LogP contribution in [0.3, 0.4) is 0 Å². The van der Waals surface area contributed by atoms with E-state index in [1.165, 1.54) is 27.8 Å². The fourth-order valence-electron chi connectivity index (χ4n) is 11.2. The van der Waals surface area contributed by atoms with Gasteiger partial charge in [0, 0.05) is 49.5 Å². The van der Waals surface area contributed by atoms with Gasteiger partial charge in [0.2, 0.25) is 0 Å². The first-order valence-corrected chi connectivity index (χ1v) is 26.8. The van der Waals surface area contributed by atoms with E-state index in [1.807, 2.05) is 18.2 Å². The number of nitrogens with zero attached hydrogens (tertiary/aromatic N) is 4. The van der Waals surface area contributed by atoms with Gasteiger partial charge in [0.25, 0.3) is 0 Å². The van der Waals surface area contributed by atoms with Gasteiger partial charge in [0.1, 0.15) is 5.65 Å². The number of fused-ring (bicyclic) bond motifs is 23. The van der Waals surface area contributed by atoms with Gasteiger partial charge < -0.3 is 18.0 Å². The molecule has 0 aliphatic carbocycles. The van der Waals surface area contributed by atoms with E-state index in [-0.39, 0.29) is 37.3 Å². The van der Waals surface area contributed by atoms with Gasteiger partial charge in [-0.2, -0.15) is 24.3 Å². The van der Waals surface area contributed by atoms with Gasteiger partial charge in [0.05, 0.1) is 5.52 Å². The molecular formula is C72H61N4OPt-3. The molecule has 0 saturated carbocycles. The molecule has 1 aliphatic heterocycles. The van der Waals surface area contributed by atoms with Crippen molar-refractivity contribution in [1.82, 2.24) is 18.5 Å². The quantitative estimate of drug-likeness (QED) is 0.162. The number of imidazole rings is 1. The van der Waals surface area contributed by atoms with Crippen molar-refractivity contribution >= 4 is 82.1 Å². The predicted molar refractivity (Wildman–Crippen MR) is 324 cm³/mol. The van der Waals surface area contributed by atoms with E-state index >= 15 is 0 Å². The third-order valence-corrected chi connectivity index (χ3v) is 15.5. The summed E-state index contributed by atoms with van der Waals surface area (Å²) >= 11 is 0. The molecule has 3 aromatic heterocycles. The second kappa shape index (κ2) is 19.1. The molecule has 0 unspecified atom stereocenters. The molecule has 6 heteroatoms. The minimum absolute atomic E-state index is 0. The largest absolute Gasteiger partial charge is 0.510 e. The predicted octanol–water partition coefficient (Wildman–Crippen LogP) is 19.4. The molecule has 13 rings (SSSR count). The second-order valence-electron chi connectivity index (χ2n) is 23.8. The Hall–Kier alpha value is -8.11. The zero-order valence-corrected chi connectivity index (χ0v) is 47.9. The van der Waals surface area contributed by atoms with Crippen molar-refractivity contribution in [2.75, 3.05) is 0 Å². The number of hydrogen-bond acceptors (Lipinski definition) is 2. The van der Waals surface area contributed by atoms with E-state index in [9.17, 15) is 0 Å². The van der Waals surface area contributed by atoms with Crippen LogP contribution >= 0.6 is 0 Å². The molecule has 0 radical (unpaired) electrons. The van der Waals surface area contributed by atoms with Crippen LogP contribution in [0.4, 0.5) is 0 Å². The van der Waals surface area contributed by atoms with Gasteiger partial charge in [0.15, 0.2) is 0 Å². The van der Waals surface area contributed by atoms with Crippen LogP contribution in [-0.4, -0.2) is 18.5 Å². The standard InChI is InChI=1S/C72H61N4O.Pt/c1-70(2,3)51-33-30-46(31-34-51)47-32-37-64-61(40-47)59-36-35-56-44-67(59)76(64)68-29-17-26-63(73-68)50-20-14-18-48(38-50)57-24-10-11-25-58(57)62-42-53(72(7,8)9)41-60(49-19-15-21-52(39-49)71(4,5)6)69(62)75-45-74(65-27-12-13-28-66(65)75)54-22-16-23-55(43-54)77-56;/h10-42,45H,1-9H3;/q-3;. The van der Waals surface area contributed by atoms with Crippen LogP contribution in [0.2, 0.25) is 0 Å². The molecule has 0 saturated heterocycles. The van der Waals surface area contributed by atoms with Gasteiger partial charge >= 0.3 is 0 Å². The van der Waals surface area contributed by atoms with Crippen LogP contribution in [0, 0.1) is 12.1 Å². The second-order valence-corrected chi connectivity index (χ2v) is 23.8. The maximum absolute atomic E-state index is 6.84. The van der Waals surface area contributed by atoms with Crippen LogP contribution in [0.15, 0.2) is 211 Å². The van der Waals surface area contributed by atoms with Crippen LogP contribution < -0.4 is 0 Å². The number of rotatable bonds is 2. The van der Waals surface area contributed by atoms with Crippen LogP contribution in [-0.2, 0) is 37.3 Å². The van der Waals surface area contributed by atoms with Crippen molar-refractivity contribution in [1.29, 1.82) is 0 Å². The fourth-order valence-corrected chi connectivity index (χ4v) is 11.2. The number of aromatic nitrogens is 4. The van der Waals surface area contributed by atoms with Crippen molar-refractivity contribution < 1.29 is 25.5 Å². The van der Waals surface area contributed by atoms with Crippen molar-refractivity contribution in [3.63, 3.8) is 0 Å². The first kappa shape index (κ1) is 50.7. The Labute approximate surface area is 470 Å². The number of para-hydroxylation sites is 2. The molecule has 12 aromatic rings. The molecule has 10 bridgehead atoms. The summed E-state index contributed by atoms with van der Waals surface area (Å²) in [7, 11) is 0. The Morgan fingerprint density at radius 3 is 1.87 bits per heavy atom. The number of benzene rings is 9. The maximum atomic E-state index is 6.84. The minimum Gasteiger partial charge on any atom is -0.510 e. The molecule has 0 fully saturated rings. The molecule has 5 nitrogen and oxygen atoms in total. The van der Waals surface area contributed by atoms with Crippen molar-refractivity contribution in [2.24, 2.45) is 0 Å². The molecule has 4 heterocycles.